The van der Waals surface area contributed by atoms with Gasteiger partial charge in [0.2, 0.25) is 0 Å². The van der Waals surface area contributed by atoms with E-state index in [1.165, 1.54) is 22.3 Å². The molecule has 0 radical (unpaired) electrons. The Bertz CT molecular complexity index is 1500. The van der Waals surface area contributed by atoms with Crippen LogP contribution in [-0.4, -0.2) is 12.6 Å². The van der Waals surface area contributed by atoms with Crippen molar-refractivity contribution in [3.8, 4) is 22.6 Å². The topological polar surface area (TPSA) is 42.5 Å². The smallest absolute Gasteiger partial charge is 0.150 e. The van der Waals surface area contributed by atoms with Crippen LogP contribution in [0, 0.1) is 0 Å². The molecule has 4 aromatic carbocycles. The minimum Gasteiger partial charge on any atom is -0.496 e. The fraction of sp³-hybridized carbons (Fsp3) is 0.212. The number of ether oxygens (including phenoxy) is 2. The van der Waals surface area contributed by atoms with Crippen molar-refractivity contribution in [1.82, 2.24) is 0 Å². The first-order chi connectivity index (χ1) is 17.9. The summed E-state index contributed by atoms with van der Waals surface area (Å²) in [5.74, 6) is 1.66. The lowest BCUT2D eigenvalue weighted by molar-refractivity contribution is 0.242. The molecular formula is C33H32N2O2. The molecule has 0 aromatic heterocycles. The summed E-state index contributed by atoms with van der Waals surface area (Å²) in [4.78, 5) is 0. The molecule has 0 spiro atoms. The highest BCUT2D eigenvalue weighted by atomic mass is 16.5. The molecule has 2 heterocycles. The van der Waals surface area contributed by atoms with Crippen molar-refractivity contribution in [2.24, 2.45) is 0 Å². The van der Waals surface area contributed by atoms with E-state index in [4.69, 9.17) is 9.47 Å². The van der Waals surface area contributed by atoms with Crippen LogP contribution < -0.4 is 20.1 Å². The van der Waals surface area contributed by atoms with E-state index in [0.717, 1.165) is 46.1 Å². The molecule has 0 amide bonds. The van der Waals surface area contributed by atoms with Crippen LogP contribution in [0.4, 0.5) is 11.4 Å². The number of fused-ring (bicyclic) bond motifs is 5. The van der Waals surface area contributed by atoms with Gasteiger partial charge in [-0.15, -0.1) is 0 Å². The molecule has 6 rings (SSSR count). The van der Waals surface area contributed by atoms with Gasteiger partial charge in [0.15, 0.2) is 6.10 Å². The van der Waals surface area contributed by atoms with Gasteiger partial charge in [0.1, 0.15) is 11.5 Å². The van der Waals surface area contributed by atoms with Crippen molar-refractivity contribution in [3.63, 3.8) is 0 Å². The Morgan fingerprint density at radius 3 is 2.54 bits per heavy atom. The highest BCUT2D eigenvalue weighted by molar-refractivity contribution is 5.91. The van der Waals surface area contributed by atoms with Crippen molar-refractivity contribution in [1.29, 1.82) is 0 Å². The monoisotopic (exact) mass is 488 g/mol. The van der Waals surface area contributed by atoms with Crippen LogP contribution >= 0.6 is 0 Å². The Kier molecular flexibility index (Phi) is 5.68. The molecule has 4 heteroatoms. The van der Waals surface area contributed by atoms with Crippen LogP contribution in [0.15, 0.2) is 91.0 Å². The van der Waals surface area contributed by atoms with Gasteiger partial charge in [0, 0.05) is 29.0 Å². The van der Waals surface area contributed by atoms with Crippen molar-refractivity contribution in [3.05, 3.63) is 113 Å². The number of anilines is 2. The van der Waals surface area contributed by atoms with E-state index in [2.05, 4.69) is 98.1 Å². The molecule has 2 aliphatic heterocycles. The van der Waals surface area contributed by atoms with Gasteiger partial charge in [-0.25, -0.2) is 0 Å². The van der Waals surface area contributed by atoms with Crippen molar-refractivity contribution in [2.45, 2.75) is 39.0 Å². The maximum absolute atomic E-state index is 6.81. The second-order valence-electron chi connectivity index (χ2n) is 10.4. The highest BCUT2D eigenvalue weighted by Crippen LogP contribution is 2.53. The molecule has 0 saturated heterocycles. The van der Waals surface area contributed by atoms with Crippen molar-refractivity contribution < 1.29 is 9.47 Å². The zero-order chi connectivity index (χ0) is 25.6. The molecule has 4 nitrogen and oxygen atoms in total. The molecule has 186 valence electrons. The number of nitrogens with one attached hydrogen (secondary N) is 2. The average molecular weight is 489 g/mol. The third-order valence-corrected chi connectivity index (χ3v) is 7.19. The molecule has 2 aliphatic rings. The Morgan fingerprint density at radius 2 is 1.73 bits per heavy atom. The zero-order valence-electron chi connectivity index (χ0n) is 21.8. The minimum atomic E-state index is -0.255. The molecule has 0 saturated carbocycles. The lowest BCUT2D eigenvalue weighted by Gasteiger charge is -2.37. The third kappa shape index (κ3) is 4.23. The summed E-state index contributed by atoms with van der Waals surface area (Å²) in [5.41, 5.74) is 10.2. The van der Waals surface area contributed by atoms with Crippen LogP contribution in [0.1, 0.15) is 49.1 Å². The van der Waals surface area contributed by atoms with Crippen LogP contribution in [-0.2, 0) is 6.54 Å². The second-order valence-corrected chi connectivity index (χ2v) is 10.4. The van der Waals surface area contributed by atoms with Gasteiger partial charge < -0.3 is 20.1 Å². The Labute approximate surface area is 219 Å². The first kappa shape index (κ1) is 23.2. The van der Waals surface area contributed by atoms with E-state index in [1.807, 2.05) is 24.3 Å². The number of methoxy groups -OCH3 is 1. The van der Waals surface area contributed by atoms with E-state index < -0.39 is 0 Å². The number of hydrogen-bond acceptors (Lipinski definition) is 4. The average Bonchev–Trinajstić information content (AvgIpc) is 2.90. The molecule has 2 N–H and O–H groups in total. The minimum absolute atomic E-state index is 0.118. The maximum Gasteiger partial charge on any atom is 0.150 e. The lowest BCUT2D eigenvalue weighted by atomic mass is 9.80. The predicted molar refractivity (Wildman–Crippen MR) is 152 cm³/mol. The van der Waals surface area contributed by atoms with E-state index in [1.54, 1.807) is 7.11 Å². The van der Waals surface area contributed by atoms with Crippen LogP contribution in [0.2, 0.25) is 0 Å². The normalized spacial score (nSPS) is 16.8. The summed E-state index contributed by atoms with van der Waals surface area (Å²) >= 11 is 0. The molecule has 4 aromatic rings. The van der Waals surface area contributed by atoms with E-state index in [9.17, 15) is 0 Å². The fourth-order valence-corrected chi connectivity index (χ4v) is 5.71. The number of hydrogen-bond donors (Lipinski definition) is 2. The quantitative estimate of drug-likeness (QED) is 0.298. The Balaban J connectivity index is 1.48. The fourth-order valence-electron chi connectivity index (χ4n) is 5.71. The molecule has 1 unspecified atom stereocenters. The molecule has 37 heavy (non-hydrogen) atoms. The van der Waals surface area contributed by atoms with Crippen LogP contribution in [0.3, 0.4) is 0 Å². The summed E-state index contributed by atoms with van der Waals surface area (Å²) in [6.45, 7) is 7.37. The standard InChI is InChI=1S/C33H32N2O2/c1-21-19-33(2,3)35-26-17-16-25-30-27(36-4)14-9-15-28(30)37-32(31(25)29(21)26)23-12-8-13-24(18-23)34-20-22-10-6-5-7-11-22/h5-19,32,34-35H,20H2,1-4H3. The van der Waals surface area contributed by atoms with Crippen LogP contribution in [0.25, 0.3) is 16.7 Å². The molecule has 0 aliphatic carbocycles. The summed E-state index contributed by atoms with van der Waals surface area (Å²) in [6, 6.07) is 29.5. The summed E-state index contributed by atoms with van der Waals surface area (Å²) in [6.07, 6.45) is 2.05. The lowest BCUT2D eigenvalue weighted by Crippen LogP contribution is -2.32. The maximum atomic E-state index is 6.81. The van der Waals surface area contributed by atoms with Gasteiger partial charge in [0.05, 0.1) is 18.2 Å². The number of rotatable bonds is 5. The number of allylic oxidation sites excluding steroid dienone is 1. The van der Waals surface area contributed by atoms with Gasteiger partial charge in [-0.3, -0.25) is 0 Å². The summed E-state index contributed by atoms with van der Waals surface area (Å²) in [5, 5.41) is 7.30. The number of benzene rings is 4. The van der Waals surface area contributed by atoms with E-state index in [-0.39, 0.29) is 11.6 Å². The first-order valence-corrected chi connectivity index (χ1v) is 12.8. The van der Waals surface area contributed by atoms with Crippen molar-refractivity contribution >= 4 is 16.9 Å². The Morgan fingerprint density at radius 1 is 0.919 bits per heavy atom. The Hall–Kier alpha value is -4.18. The van der Waals surface area contributed by atoms with Crippen molar-refractivity contribution in [2.75, 3.05) is 17.7 Å². The van der Waals surface area contributed by atoms with Crippen LogP contribution in [0.5, 0.6) is 11.5 Å². The SMILES string of the molecule is COc1cccc2c1-c1ccc3c(c1C(c1cccc(NCc4ccccc4)c1)O2)C(C)=CC(C)(C)N3. The first-order valence-electron chi connectivity index (χ1n) is 12.8. The largest absolute Gasteiger partial charge is 0.496 e. The van der Waals surface area contributed by atoms with Gasteiger partial charge >= 0.3 is 0 Å². The van der Waals surface area contributed by atoms with E-state index in [0.29, 0.717) is 0 Å². The molecule has 1 atom stereocenters. The third-order valence-electron chi connectivity index (χ3n) is 7.19. The molecule has 0 bridgehead atoms. The zero-order valence-corrected chi connectivity index (χ0v) is 21.8. The second kappa shape index (κ2) is 9.04. The van der Waals surface area contributed by atoms with Gasteiger partial charge in [-0.05, 0) is 73.4 Å². The molecule has 0 fully saturated rings. The summed E-state index contributed by atoms with van der Waals surface area (Å²) in [7, 11) is 1.72. The predicted octanol–water partition coefficient (Wildman–Crippen LogP) is 8.06. The van der Waals surface area contributed by atoms with E-state index >= 15 is 0 Å². The van der Waals surface area contributed by atoms with Gasteiger partial charge in [-0.1, -0.05) is 60.7 Å². The van der Waals surface area contributed by atoms with Gasteiger partial charge in [-0.2, -0.15) is 0 Å². The summed E-state index contributed by atoms with van der Waals surface area (Å²) < 4.78 is 12.6. The highest BCUT2D eigenvalue weighted by Gasteiger charge is 2.35. The van der Waals surface area contributed by atoms with Gasteiger partial charge in [0.25, 0.3) is 0 Å². The molecular weight excluding hydrogens is 456 g/mol.